The number of fused-ring (bicyclic) bond motifs is 3. The summed E-state index contributed by atoms with van der Waals surface area (Å²) in [6.07, 6.45) is 7.99. The highest BCUT2D eigenvalue weighted by molar-refractivity contribution is 5.98. The highest BCUT2D eigenvalue weighted by atomic mass is 16.4. The van der Waals surface area contributed by atoms with Crippen LogP contribution in [0.25, 0.3) is 0 Å². The van der Waals surface area contributed by atoms with E-state index in [-0.39, 0.29) is 11.3 Å². The minimum Gasteiger partial charge on any atom is -0.411 e. The van der Waals surface area contributed by atoms with Crippen LogP contribution in [0.4, 0.5) is 0 Å². The molecule has 4 heteroatoms. The zero-order valence-electron chi connectivity index (χ0n) is 9.85. The molecular formula is C13H18N2O2. The maximum absolute atomic E-state index is 11.3. The summed E-state index contributed by atoms with van der Waals surface area (Å²) in [4.78, 5) is 11.3. The number of carbonyl (C=O) groups is 1. The Morgan fingerprint density at radius 1 is 1.53 bits per heavy atom. The van der Waals surface area contributed by atoms with Crippen molar-refractivity contribution in [1.82, 2.24) is 0 Å². The van der Waals surface area contributed by atoms with E-state index in [1.807, 2.05) is 6.08 Å². The third-order valence-electron chi connectivity index (χ3n) is 5.02. The van der Waals surface area contributed by atoms with Crippen molar-refractivity contribution in [3.63, 3.8) is 0 Å². The van der Waals surface area contributed by atoms with Gasteiger partial charge in [0, 0.05) is 16.9 Å². The Morgan fingerprint density at radius 2 is 2.35 bits per heavy atom. The van der Waals surface area contributed by atoms with Gasteiger partial charge in [-0.3, -0.25) is 4.79 Å². The fourth-order valence-corrected chi connectivity index (χ4v) is 4.29. The molecule has 1 spiro atoms. The monoisotopic (exact) mass is 234 g/mol. The van der Waals surface area contributed by atoms with E-state index in [0.29, 0.717) is 18.3 Å². The number of hydrogen-bond acceptors (Lipinski definition) is 3. The summed E-state index contributed by atoms with van der Waals surface area (Å²) < 4.78 is 0. The van der Waals surface area contributed by atoms with Crippen molar-refractivity contribution in [3.05, 3.63) is 11.6 Å². The number of rotatable bonds is 1. The predicted octanol–water partition coefficient (Wildman–Crippen LogP) is 1.83. The van der Waals surface area contributed by atoms with Crippen molar-refractivity contribution in [2.45, 2.75) is 38.5 Å². The molecule has 0 aliphatic heterocycles. The highest BCUT2D eigenvalue weighted by Gasteiger charge is 2.56. The molecule has 0 unspecified atom stereocenters. The van der Waals surface area contributed by atoms with Crippen LogP contribution in [0.3, 0.4) is 0 Å². The zero-order valence-corrected chi connectivity index (χ0v) is 9.85. The molecule has 1 amide bonds. The Kier molecular flexibility index (Phi) is 2.28. The average molecular weight is 234 g/mol. The van der Waals surface area contributed by atoms with Crippen LogP contribution in [0.2, 0.25) is 0 Å². The van der Waals surface area contributed by atoms with E-state index in [0.717, 1.165) is 37.0 Å². The standard InChI is InChI=1S/C13H18N2O2/c14-12(16)9-2-1-5-13(7-9)10-4-3-8(6-10)11(13)15-17/h2,8,10,17H,1,3-7H2,(H2,14,16)/b15-11-/t8-,10+,13-/m1/s1. The van der Waals surface area contributed by atoms with Gasteiger partial charge in [-0.2, -0.15) is 0 Å². The maximum Gasteiger partial charge on any atom is 0.244 e. The smallest absolute Gasteiger partial charge is 0.244 e. The van der Waals surface area contributed by atoms with Crippen LogP contribution in [0, 0.1) is 17.3 Å². The molecule has 2 fully saturated rings. The van der Waals surface area contributed by atoms with E-state index in [1.54, 1.807) is 0 Å². The summed E-state index contributed by atoms with van der Waals surface area (Å²) in [5.74, 6) is 0.711. The number of oxime groups is 1. The summed E-state index contributed by atoms with van der Waals surface area (Å²) >= 11 is 0. The molecule has 0 aromatic rings. The molecule has 0 aromatic carbocycles. The number of carbonyl (C=O) groups excluding carboxylic acids is 1. The second kappa shape index (κ2) is 3.59. The molecule has 0 radical (unpaired) electrons. The minimum absolute atomic E-state index is 0.0587. The van der Waals surface area contributed by atoms with Gasteiger partial charge in [0.15, 0.2) is 0 Å². The average Bonchev–Trinajstić information content (AvgIpc) is 2.88. The lowest BCUT2D eigenvalue weighted by Crippen LogP contribution is -2.40. The van der Waals surface area contributed by atoms with Crippen LogP contribution in [-0.4, -0.2) is 16.8 Å². The fraction of sp³-hybridized carbons (Fsp3) is 0.692. The van der Waals surface area contributed by atoms with Gasteiger partial charge in [-0.25, -0.2) is 0 Å². The van der Waals surface area contributed by atoms with Crippen molar-refractivity contribution >= 4 is 11.6 Å². The number of nitrogens with zero attached hydrogens (tertiary/aromatic N) is 1. The maximum atomic E-state index is 11.3. The van der Waals surface area contributed by atoms with Crippen LogP contribution in [0.15, 0.2) is 16.8 Å². The predicted molar refractivity (Wildman–Crippen MR) is 63.6 cm³/mol. The molecule has 0 saturated heterocycles. The molecule has 3 N–H and O–H groups in total. The molecule has 92 valence electrons. The highest BCUT2D eigenvalue weighted by Crippen LogP contribution is 2.59. The van der Waals surface area contributed by atoms with Crippen LogP contribution in [0.5, 0.6) is 0 Å². The lowest BCUT2D eigenvalue weighted by molar-refractivity contribution is -0.115. The molecule has 3 aliphatic rings. The van der Waals surface area contributed by atoms with Crippen molar-refractivity contribution in [2.75, 3.05) is 0 Å². The lowest BCUT2D eigenvalue weighted by Gasteiger charge is -2.40. The van der Waals surface area contributed by atoms with E-state index in [1.165, 1.54) is 6.42 Å². The van der Waals surface area contributed by atoms with Gasteiger partial charge in [0.05, 0.1) is 5.71 Å². The molecule has 3 aliphatic carbocycles. The number of allylic oxidation sites excluding steroid dienone is 1. The van der Waals surface area contributed by atoms with E-state index >= 15 is 0 Å². The van der Waals surface area contributed by atoms with Gasteiger partial charge in [0.25, 0.3) is 0 Å². The van der Waals surface area contributed by atoms with Crippen molar-refractivity contribution in [2.24, 2.45) is 28.1 Å². The van der Waals surface area contributed by atoms with Crippen LogP contribution in [-0.2, 0) is 4.79 Å². The number of nitrogens with two attached hydrogens (primary N) is 1. The van der Waals surface area contributed by atoms with Gasteiger partial charge >= 0.3 is 0 Å². The summed E-state index contributed by atoms with van der Waals surface area (Å²) in [6, 6.07) is 0. The third-order valence-corrected chi connectivity index (χ3v) is 5.02. The molecule has 4 nitrogen and oxygen atoms in total. The first kappa shape index (κ1) is 10.8. The number of hydrogen-bond donors (Lipinski definition) is 2. The Hall–Kier alpha value is -1.32. The first-order valence-electron chi connectivity index (χ1n) is 6.38. The van der Waals surface area contributed by atoms with E-state index in [2.05, 4.69) is 5.16 Å². The second-order valence-electron chi connectivity index (χ2n) is 5.66. The molecule has 2 saturated carbocycles. The molecule has 3 rings (SSSR count). The van der Waals surface area contributed by atoms with Gasteiger partial charge in [0.2, 0.25) is 5.91 Å². The van der Waals surface area contributed by atoms with E-state index in [4.69, 9.17) is 5.73 Å². The topological polar surface area (TPSA) is 75.7 Å². The van der Waals surface area contributed by atoms with Crippen molar-refractivity contribution < 1.29 is 10.0 Å². The fourth-order valence-electron chi connectivity index (χ4n) is 4.29. The molecule has 2 bridgehead atoms. The SMILES string of the molecule is NC(=O)C1=CCC[C@]2(C1)/C(=N\O)[C@@H]1CC[C@H]2C1. The first-order valence-corrected chi connectivity index (χ1v) is 6.38. The minimum atomic E-state index is -0.316. The zero-order chi connectivity index (χ0) is 12.0. The van der Waals surface area contributed by atoms with Gasteiger partial charge in [-0.05, 0) is 44.4 Å². The normalized spacial score (nSPS) is 42.1. The van der Waals surface area contributed by atoms with Crippen molar-refractivity contribution in [1.29, 1.82) is 0 Å². The van der Waals surface area contributed by atoms with Crippen LogP contribution in [0.1, 0.15) is 38.5 Å². The van der Waals surface area contributed by atoms with Gasteiger partial charge < -0.3 is 10.9 Å². The Morgan fingerprint density at radius 3 is 3.06 bits per heavy atom. The Bertz CT molecular complexity index is 427. The summed E-state index contributed by atoms with van der Waals surface area (Å²) in [5.41, 5.74) is 7.01. The summed E-state index contributed by atoms with van der Waals surface area (Å²) in [5, 5.41) is 12.9. The van der Waals surface area contributed by atoms with Gasteiger partial charge in [0.1, 0.15) is 0 Å². The Balaban J connectivity index is 1.97. The van der Waals surface area contributed by atoms with E-state index < -0.39 is 0 Å². The van der Waals surface area contributed by atoms with Crippen LogP contribution >= 0.6 is 0 Å². The lowest BCUT2D eigenvalue weighted by atomic mass is 9.63. The molecule has 0 aromatic heterocycles. The molecule has 3 atom stereocenters. The van der Waals surface area contributed by atoms with Crippen molar-refractivity contribution in [3.8, 4) is 0 Å². The Labute approximate surface area is 101 Å². The third kappa shape index (κ3) is 1.36. The quantitative estimate of drug-likeness (QED) is 0.536. The molecule has 17 heavy (non-hydrogen) atoms. The first-order chi connectivity index (χ1) is 8.17. The van der Waals surface area contributed by atoms with Crippen LogP contribution < -0.4 is 5.73 Å². The second-order valence-corrected chi connectivity index (χ2v) is 5.66. The molecule has 0 heterocycles. The largest absolute Gasteiger partial charge is 0.411 e. The molecular weight excluding hydrogens is 216 g/mol. The number of amides is 1. The van der Waals surface area contributed by atoms with Gasteiger partial charge in [-0.1, -0.05) is 11.2 Å². The summed E-state index contributed by atoms with van der Waals surface area (Å²) in [6.45, 7) is 0. The van der Waals surface area contributed by atoms with Gasteiger partial charge in [-0.15, -0.1) is 0 Å². The number of primary amides is 1. The van der Waals surface area contributed by atoms with E-state index in [9.17, 15) is 10.0 Å². The summed E-state index contributed by atoms with van der Waals surface area (Å²) in [7, 11) is 0.